The summed E-state index contributed by atoms with van der Waals surface area (Å²) in [4.78, 5) is 38.9. The van der Waals surface area contributed by atoms with Crippen molar-refractivity contribution < 1.29 is 33.5 Å². The van der Waals surface area contributed by atoms with Crippen molar-refractivity contribution in [1.29, 1.82) is 0 Å². The number of aliphatic hydroxyl groups is 2. The van der Waals surface area contributed by atoms with Gasteiger partial charge in [-0.15, -0.1) is 12.3 Å². The van der Waals surface area contributed by atoms with Crippen molar-refractivity contribution in [1.82, 2.24) is 14.6 Å². The maximum Gasteiger partial charge on any atom is 0.330 e. The van der Waals surface area contributed by atoms with E-state index in [0.717, 1.165) is 10.6 Å². The van der Waals surface area contributed by atoms with Crippen molar-refractivity contribution in [2.24, 2.45) is 0 Å². The van der Waals surface area contributed by atoms with Crippen molar-refractivity contribution in [2.45, 2.75) is 77.0 Å². The Hall–Kier alpha value is -2.82. The summed E-state index contributed by atoms with van der Waals surface area (Å²) >= 11 is 5.85. The van der Waals surface area contributed by atoms with Gasteiger partial charge in [0.25, 0.3) is 5.56 Å². The number of nitrogens with zero attached hydrogens (tertiary/aromatic N) is 1. The number of carbonyl (C=O) groups is 1. The van der Waals surface area contributed by atoms with Gasteiger partial charge in [0, 0.05) is 18.7 Å². The second-order valence-corrected chi connectivity index (χ2v) is 12.5. The summed E-state index contributed by atoms with van der Waals surface area (Å²) in [6.45, 7) is 0.997. The summed E-state index contributed by atoms with van der Waals surface area (Å²) in [5.41, 5.74) is -1.31. The highest BCUT2D eigenvalue weighted by molar-refractivity contribution is 8.09. The lowest BCUT2D eigenvalue weighted by Gasteiger charge is -2.32. The van der Waals surface area contributed by atoms with E-state index in [4.69, 9.17) is 36.8 Å². The van der Waals surface area contributed by atoms with Gasteiger partial charge >= 0.3 is 18.3 Å². The quantitative estimate of drug-likeness (QED) is 0.111. The number of ether oxygens (including phenoxy) is 2. The summed E-state index contributed by atoms with van der Waals surface area (Å²) < 4.78 is 24.8. The number of esters is 1. The van der Waals surface area contributed by atoms with Crippen LogP contribution in [-0.4, -0.2) is 63.3 Å². The van der Waals surface area contributed by atoms with Crippen molar-refractivity contribution in [3.63, 3.8) is 0 Å². The number of para-hydroxylation sites is 1. The molecule has 0 radical (unpaired) electrons. The fourth-order valence-corrected chi connectivity index (χ4v) is 6.37. The topological polar surface area (TPSA) is 161 Å². The molecule has 0 amide bonds. The standard InChI is InChI=1S/C27H38N3O9PS/c1-5-10-23(26(34)37-19(3)4)29-40(41,38-21-12-8-7-9-13-21)39-22(16-20(32)17-31)18-36-25(11-6-2)30-15-14-24(33)28-27(30)35/h2,7-9,12-15,19-20,22-23,25,31-32H,5,10-11,16-18H2,1,3-4H3,(H,29,41)(H,28,33,35)/t20-,22?,23?,25-,40?/m1/s1. The second kappa shape index (κ2) is 17.2. The van der Waals surface area contributed by atoms with Gasteiger partial charge in [-0.05, 0) is 44.2 Å². The number of terminal acetylenes is 1. The molecule has 3 unspecified atom stereocenters. The van der Waals surface area contributed by atoms with Crippen LogP contribution in [0.2, 0.25) is 0 Å². The third-order valence-corrected chi connectivity index (χ3v) is 7.91. The third-order valence-electron chi connectivity index (χ3n) is 5.46. The Morgan fingerprint density at radius 2 is 1.95 bits per heavy atom. The van der Waals surface area contributed by atoms with E-state index in [-0.39, 0.29) is 25.6 Å². The molecule has 0 fully saturated rings. The van der Waals surface area contributed by atoms with E-state index in [1.165, 1.54) is 6.20 Å². The molecular weight excluding hydrogens is 573 g/mol. The minimum atomic E-state index is -3.56. The summed E-state index contributed by atoms with van der Waals surface area (Å²) in [5.74, 6) is 2.28. The molecule has 5 atom stereocenters. The number of hydrogen-bond donors (Lipinski definition) is 4. The van der Waals surface area contributed by atoms with Gasteiger partial charge in [-0.25, -0.2) is 9.88 Å². The SMILES string of the molecule is C#CC[C@@H](OCC(C[C@@H](O)CO)OP(=S)(NC(CCC)C(=O)OC(C)C)Oc1ccccc1)n1ccc(=O)[nH]c1=O. The van der Waals surface area contributed by atoms with E-state index in [1.54, 1.807) is 44.2 Å². The van der Waals surface area contributed by atoms with Gasteiger partial charge in [-0.3, -0.25) is 19.1 Å². The largest absolute Gasteiger partial charge is 0.462 e. The second-order valence-electron chi connectivity index (χ2n) is 9.37. The molecule has 1 aromatic heterocycles. The number of aromatic amines is 1. The van der Waals surface area contributed by atoms with Crippen LogP contribution in [0.1, 0.15) is 52.7 Å². The molecule has 0 bridgehead atoms. The average Bonchev–Trinajstić information content (AvgIpc) is 2.91. The summed E-state index contributed by atoms with van der Waals surface area (Å²) in [6, 6.07) is 8.93. The Balaban J connectivity index is 2.39. The first-order valence-electron chi connectivity index (χ1n) is 13.2. The van der Waals surface area contributed by atoms with E-state index in [9.17, 15) is 24.6 Å². The Labute approximate surface area is 244 Å². The Morgan fingerprint density at radius 1 is 1.24 bits per heavy atom. The fraction of sp³-hybridized carbons (Fsp3) is 0.519. The summed E-state index contributed by atoms with van der Waals surface area (Å²) in [7, 11) is 0. The van der Waals surface area contributed by atoms with Gasteiger partial charge in [-0.2, -0.15) is 0 Å². The molecule has 41 heavy (non-hydrogen) atoms. The lowest BCUT2D eigenvalue weighted by atomic mass is 10.2. The van der Waals surface area contributed by atoms with Crippen LogP contribution >= 0.6 is 6.64 Å². The number of aromatic nitrogens is 2. The van der Waals surface area contributed by atoms with Gasteiger partial charge in [0.15, 0.2) is 0 Å². The first-order valence-corrected chi connectivity index (χ1v) is 15.8. The van der Waals surface area contributed by atoms with Gasteiger partial charge in [0.05, 0.1) is 37.9 Å². The summed E-state index contributed by atoms with van der Waals surface area (Å²) in [6.07, 6.45) is 4.04. The molecule has 0 saturated carbocycles. The number of aliphatic hydroxyl groups excluding tert-OH is 2. The molecular formula is C27H38N3O9PS. The molecule has 1 heterocycles. The van der Waals surface area contributed by atoms with Crippen LogP contribution in [0.4, 0.5) is 0 Å². The van der Waals surface area contributed by atoms with Crippen molar-refractivity contribution in [3.05, 3.63) is 63.4 Å². The van der Waals surface area contributed by atoms with Gasteiger partial charge in [-0.1, -0.05) is 31.5 Å². The van der Waals surface area contributed by atoms with E-state index in [1.807, 2.05) is 6.92 Å². The van der Waals surface area contributed by atoms with E-state index < -0.39 is 54.9 Å². The smallest absolute Gasteiger partial charge is 0.330 e. The lowest BCUT2D eigenvalue weighted by molar-refractivity contribution is -0.149. The average molecular weight is 612 g/mol. The van der Waals surface area contributed by atoms with Gasteiger partial charge in [0.1, 0.15) is 18.0 Å². The first-order chi connectivity index (χ1) is 19.5. The number of H-pyrrole nitrogens is 1. The van der Waals surface area contributed by atoms with E-state index >= 15 is 0 Å². The Kier molecular flexibility index (Phi) is 14.4. The number of benzene rings is 1. The van der Waals surface area contributed by atoms with Crippen LogP contribution in [-0.2, 0) is 30.6 Å². The van der Waals surface area contributed by atoms with Crippen LogP contribution < -0.4 is 20.9 Å². The minimum Gasteiger partial charge on any atom is -0.462 e. The molecule has 0 spiro atoms. The molecule has 14 heteroatoms. The number of hydrogen-bond acceptors (Lipinski definition) is 10. The molecule has 2 rings (SSSR count). The molecule has 226 valence electrons. The Morgan fingerprint density at radius 3 is 2.54 bits per heavy atom. The highest BCUT2D eigenvalue weighted by Gasteiger charge is 2.34. The number of rotatable bonds is 18. The van der Waals surface area contributed by atoms with Gasteiger partial charge in [0.2, 0.25) is 0 Å². The van der Waals surface area contributed by atoms with Gasteiger partial charge < -0.3 is 28.7 Å². The van der Waals surface area contributed by atoms with Crippen LogP contribution in [0, 0.1) is 12.3 Å². The highest BCUT2D eigenvalue weighted by atomic mass is 32.5. The van der Waals surface area contributed by atoms with Crippen LogP contribution in [0.15, 0.2) is 52.2 Å². The van der Waals surface area contributed by atoms with Crippen molar-refractivity contribution in [2.75, 3.05) is 13.2 Å². The van der Waals surface area contributed by atoms with Crippen molar-refractivity contribution >= 4 is 24.4 Å². The first kappa shape index (κ1) is 34.4. The van der Waals surface area contributed by atoms with Crippen molar-refractivity contribution in [3.8, 4) is 18.1 Å². The number of carbonyl (C=O) groups excluding carboxylic acids is 1. The molecule has 4 N–H and O–H groups in total. The summed E-state index contributed by atoms with van der Waals surface area (Å²) in [5, 5.41) is 22.8. The lowest BCUT2D eigenvalue weighted by Crippen LogP contribution is -2.40. The van der Waals surface area contributed by atoms with E-state index in [2.05, 4.69) is 16.0 Å². The Bertz CT molecular complexity index is 1300. The predicted molar refractivity (Wildman–Crippen MR) is 157 cm³/mol. The minimum absolute atomic E-state index is 0.0340. The molecule has 2 aromatic rings. The zero-order valence-corrected chi connectivity index (χ0v) is 25.0. The molecule has 0 saturated heterocycles. The molecule has 12 nitrogen and oxygen atoms in total. The van der Waals surface area contributed by atoms with E-state index in [0.29, 0.717) is 18.6 Å². The maximum absolute atomic E-state index is 12.9. The highest BCUT2D eigenvalue weighted by Crippen LogP contribution is 2.47. The normalized spacial score (nSPS) is 15.7. The fourth-order valence-electron chi connectivity index (χ4n) is 3.65. The number of nitrogens with one attached hydrogen (secondary N) is 2. The zero-order chi connectivity index (χ0) is 30.4. The zero-order valence-electron chi connectivity index (χ0n) is 23.3. The van der Waals surface area contributed by atoms with Crippen LogP contribution in [0.25, 0.3) is 0 Å². The molecule has 1 aromatic carbocycles. The monoisotopic (exact) mass is 611 g/mol. The molecule has 0 aliphatic rings. The third kappa shape index (κ3) is 11.9. The van der Waals surface area contributed by atoms with Crippen LogP contribution in [0.5, 0.6) is 5.75 Å². The molecule has 0 aliphatic carbocycles. The van der Waals surface area contributed by atoms with Crippen LogP contribution in [0.3, 0.4) is 0 Å². The predicted octanol–water partition coefficient (Wildman–Crippen LogP) is 2.22. The molecule has 0 aliphatic heterocycles. The maximum atomic E-state index is 12.9.